The Kier molecular flexibility index (Phi) is 3.27. The minimum Gasteiger partial charge on any atom is -0.381 e. The lowest BCUT2D eigenvalue weighted by atomic mass is 9.97. The normalized spacial score (nSPS) is 23.5. The fraction of sp³-hybridized carbons (Fsp3) is 0.462. The highest BCUT2D eigenvalue weighted by atomic mass is 16.5. The molecule has 2 unspecified atom stereocenters. The number of nitrogens with zero attached hydrogens (tertiary/aromatic N) is 3. The molecule has 6 heteroatoms. The van der Waals surface area contributed by atoms with Gasteiger partial charge in [0, 0.05) is 18.8 Å². The van der Waals surface area contributed by atoms with Crippen molar-refractivity contribution in [3.63, 3.8) is 0 Å². The van der Waals surface area contributed by atoms with Gasteiger partial charge in [-0.3, -0.25) is 4.98 Å². The molecule has 6 nitrogen and oxygen atoms in total. The zero-order valence-electron chi connectivity index (χ0n) is 10.7. The third-order valence-corrected chi connectivity index (χ3v) is 3.39. The van der Waals surface area contributed by atoms with Gasteiger partial charge in [0.05, 0.1) is 12.5 Å². The highest BCUT2D eigenvalue weighted by Crippen LogP contribution is 2.25. The van der Waals surface area contributed by atoms with Crippen LogP contribution in [0.4, 0.5) is 0 Å². The molecule has 0 aromatic carbocycles. The molecule has 2 aromatic rings. The van der Waals surface area contributed by atoms with E-state index in [-0.39, 0.29) is 12.0 Å². The molecule has 0 spiro atoms. The van der Waals surface area contributed by atoms with Crippen LogP contribution in [0.3, 0.4) is 0 Å². The monoisotopic (exact) mass is 260 g/mol. The number of aryl methyl sites for hydroxylation is 1. The van der Waals surface area contributed by atoms with Crippen molar-refractivity contribution >= 4 is 0 Å². The average molecular weight is 260 g/mol. The average Bonchev–Trinajstić information content (AvgIpc) is 2.89. The highest BCUT2D eigenvalue weighted by Gasteiger charge is 2.29. The molecule has 3 rings (SSSR count). The fourth-order valence-corrected chi connectivity index (χ4v) is 2.21. The summed E-state index contributed by atoms with van der Waals surface area (Å²) >= 11 is 0. The Labute approximate surface area is 111 Å². The maximum absolute atomic E-state index is 6.07. The third kappa shape index (κ3) is 2.36. The molecule has 0 bridgehead atoms. The van der Waals surface area contributed by atoms with Gasteiger partial charge < -0.3 is 15.0 Å². The zero-order chi connectivity index (χ0) is 13.2. The Morgan fingerprint density at radius 2 is 2.32 bits per heavy atom. The van der Waals surface area contributed by atoms with Gasteiger partial charge in [-0.05, 0) is 25.0 Å². The van der Waals surface area contributed by atoms with Crippen LogP contribution in [0.15, 0.2) is 22.9 Å². The molecule has 1 aliphatic heterocycles. The van der Waals surface area contributed by atoms with Gasteiger partial charge in [0.2, 0.25) is 11.7 Å². The Bertz CT molecular complexity index is 569. The lowest BCUT2D eigenvalue weighted by Gasteiger charge is -2.25. The van der Waals surface area contributed by atoms with Crippen LogP contribution in [-0.2, 0) is 4.74 Å². The first-order valence-corrected chi connectivity index (χ1v) is 6.34. The van der Waals surface area contributed by atoms with Crippen LogP contribution in [0.2, 0.25) is 0 Å². The molecule has 0 saturated carbocycles. The molecule has 19 heavy (non-hydrogen) atoms. The number of pyridine rings is 1. The minimum absolute atomic E-state index is 0.00637. The molecule has 2 atom stereocenters. The van der Waals surface area contributed by atoms with E-state index in [0.29, 0.717) is 24.9 Å². The first kappa shape index (κ1) is 12.3. The van der Waals surface area contributed by atoms with Gasteiger partial charge in [-0.2, -0.15) is 4.98 Å². The van der Waals surface area contributed by atoms with E-state index in [2.05, 4.69) is 15.1 Å². The predicted octanol–water partition coefficient (Wildman–Crippen LogP) is 1.27. The van der Waals surface area contributed by atoms with Crippen LogP contribution in [-0.4, -0.2) is 34.4 Å². The number of rotatable bonds is 2. The molecule has 2 N–H and O–H groups in total. The molecule has 3 heterocycles. The SMILES string of the molecule is Cc1cccnc1-c1noc(C2COCCC2N)n1. The number of hydrogen-bond donors (Lipinski definition) is 1. The van der Waals surface area contributed by atoms with Gasteiger partial charge in [0.25, 0.3) is 0 Å². The van der Waals surface area contributed by atoms with Crippen molar-refractivity contribution in [2.45, 2.75) is 25.3 Å². The lowest BCUT2D eigenvalue weighted by molar-refractivity contribution is 0.0590. The molecule has 0 radical (unpaired) electrons. The van der Waals surface area contributed by atoms with E-state index in [4.69, 9.17) is 15.0 Å². The summed E-state index contributed by atoms with van der Waals surface area (Å²) in [6, 6.07) is 3.85. The van der Waals surface area contributed by atoms with E-state index < -0.39 is 0 Å². The smallest absolute Gasteiger partial charge is 0.234 e. The lowest BCUT2D eigenvalue weighted by Crippen LogP contribution is -2.37. The van der Waals surface area contributed by atoms with Gasteiger partial charge in [-0.25, -0.2) is 0 Å². The Hall–Kier alpha value is -1.79. The summed E-state index contributed by atoms with van der Waals surface area (Å²) in [6.07, 6.45) is 2.53. The molecule has 1 fully saturated rings. The van der Waals surface area contributed by atoms with Crippen LogP contribution >= 0.6 is 0 Å². The van der Waals surface area contributed by atoms with Crippen LogP contribution in [0.1, 0.15) is 23.8 Å². The molecule has 100 valence electrons. The van der Waals surface area contributed by atoms with E-state index in [1.54, 1.807) is 6.20 Å². The van der Waals surface area contributed by atoms with E-state index in [0.717, 1.165) is 17.7 Å². The maximum Gasteiger partial charge on any atom is 0.234 e. The van der Waals surface area contributed by atoms with Crippen LogP contribution in [0, 0.1) is 6.92 Å². The predicted molar refractivity (Wildman–Crippen MR) is 68.4 cm³/mol. The van der Waals surface area contributed by atoms with E-state index in [1.807, 2.05) is 19.1 Å². The molecule has 1 aliphatic rings. The highest BCUT2D eigenvalue weighted by molar-refractivity contribution is 5.53. The summed E-state index contributed by atoms with van der Waals surface area (Å²) in [7, 11) is 0. The van der Waals surface area contributed by atoms with Gasteiger partial charge >= 0.3 is 0 Å². The summed E-state index contributed by atoms with van der Waals surface area (Å²) < 4.78 is 10.7. The quantitative estimate of drug-likeness (QED) is 0.875. The van der Waals surface area contributed by atoms with Crippen molar-refractivity contribution in [2.24, 2.45) is 5.73 Å². The molecule has 0 amide bonds. The van der Waals surface area contributed by atoms with Gasteiger partial charge in [0.15, 0.2) is 0 Å². The summed E-state index contributed by atoms with van der Waals surface area (Å²) in [5.41, 5.74) is 7.82. The molecular weight excluding hydrogens is 244 g/mol. The van der Waals surface area contributed by atoms with Crippen LogP contribution in [0.5, 0.6) is 0 Å². The topological polar surface area (TPSA) is 87.1 Å². The third-order valence-electron chi connectivity index (χ3n) is 3.39. The number of nitrogens with two attached hydrogens (primary N) is 1. The van der Waals surface area contributed by atoms with Crippen molar-refractivity contribution in [1.82, 2.24) is 15.1 Å². The number of ether oxygens (including phenoxy) is 1. The minimum atomic E-state index is -0.0287. The molecule has 2 aromatic heterocycles. The van der Waals surface area contributed by atoms with Crippen molar-refractivity contribution in [1.29, 1.82) is 0 Å². The first-order valence-electron chi connectivity index (χ1n) is 6.34. The van der Waals surface area contributed by atoms with E-state index in [9.17, 15) is 0 Å². The Morgan fingerprint density at radius 1 is 1.42 bits per heavy atom. The zero-order valence-corrected chi connectivity index (χ0v) is 10.7. The van der Waals surface area contributed by atoms with Gasteiger partial charge in [-0.1, -0.05) is 11.2 Å². The van der Waals surface area contributed by atoms with Crippen molar-refractivity contribution in [3.05, 3.63) is 29.8 Å². The Balaban J connectivity index is 1.89. The van der Waals surface area contributed by atoms with E-state index >= 15 is 0 Å². The summed E-state index contributed by atoms with van der Waals surface area (Å²) in [6.45, 7) is 3.19. The van der Waals surface area contributed by atoms with Crippen molar-refractivity contribution in [3.8, 4) is 11.5 Å². The van der Waals surface area contributed by atoms with Crippen LogP contribution in [0.25, 0.3) is 11.5 Å². The summed E-state index contributed by atoms with van der Waals surface area (Å²) in [4.78, 5) is 8.69. The largest absolute Gasteiger partial charge is 0.381 e. The standard InChI is InChI=1S/C13H16N4O2/c1-8-3-2-5-15-11(8)12-16-13(19-17-12)9-7-18-6-4-10(9)14/h2-3,5,9-10H,4,6-7,14H2,1H3. The van der Waals surface area contributed by atoms with Crippen molar-refractivity contribution in [2.75, 3.05) is 13.2 Å². The van der Waals surface area contributed by atoms with Gasteiger partial charge in [-0.15, -0.1) is 0 Å². The summed E-state index contributed by atoms with van der Waals surface area (Å²) in [5.74, 6) is 1.01. The first-order chi connectivity index (χ1) is 9.25. The van der Waals surface area contributed by atoms with Crippen LogP contribution < -0.4 is 5.73 Å². The fourth-order valence-electron chi connectivity index (χ4n) is 2.21. The number of hydrogen-bond acceptors (Lipinski definition) is 6. The second-order valence-corrected chi connectivity index (χ2v) is 4.76. The second-order valence-electron chi connectivity index (χ2n) is 4.76. The summed E-state index contributed by atoms with van der Waals surface area (Å²) in [5, 5.41) is 4.00. The molecule has 1 saturated heterocycles. The number of aromatic nitrogens is 3. The second kappa shape index (κ2) is 5.07. The molecule has 0 aliphatic carbocycles. The van der Waals surface area contributed by atoms with Gasteiger partial charge in [0.1, 0.15) is 5.69 Å². The Morgan fingerprint density at radius 3 is 3.11 bits per heavy atom. The van der Waals surface area contributed by atoms with E-state index in [1.165, 1.54) is 0 Å². The maximum atomic E-state index is 6.07. The molecular formula is C13H16N4O2. The van der Waals surface area contributed by atoms with Crippen molar-refractivity contribution < 1.29 is 9.26 Å².